The lowest BCUT2D eigenvalue weighted by Crippen LogP contribution is -2.35. The molecular weight excluding hydrogens is 244 g/mol. The van der Waals surface area contributed by atoms with E-state index in [-0.39, 0.29) is 5.54 Å². The maximum Gasteiger partial charge on any atom is 0.346 e. The van der Waals surface area contributed by atoms with Crippen LogP contribution in [0.15, 0.2) is 18.3 Å². The van der Waals surface area contributed by atoms with Crippen LogP contribution in [0.1, 0.15) is 33.4 Å². The summed E-state index contributed by atoms with van der Waals surface area (Å²) in [5.74, 6) is 0.149. The zero-order valence-electron chi connectivity index (χ0n) is 12.2. The van der Waals surface area contributed by atoms with E-state index in [1.54, 1.807) is 19.2 Å². The first-order valence-electron chi connectivity index (χ1n) is 6.26. The van der Waals surface area contributed by atoms with Gasteiger partial charge in [-0.1, -0.05) is 0 Å². The van der Waals surface area contributed by atoms with E-state index < -0.39 is 12.1 Å². The first kappa shape index (κ1) is 15.4. The van der Waals surface area contributed by atoms with Gasteiger partial charge in [0, 0.05) is 12.1 Å². The highest BCUT2D eigenvalue weighted by Crippen LogP contribution is 2.12. The summed E-state index contributed by atoms with van der Waals surface area (Å²) < 4.78 is 10.00. The molecule has 1 rings (SSSR count). The Balaban J connectivity index is 2.54. The number of hydrogen-bond acceptors (Lipinski definition) is 5. The van der Waals surface area contributed by atoms with Crippen LogP contribution in [0.3, 0.4) is 0 Å². The van der Waals surface area contributed by atoms with Crippen LogP contribution in [-0.2, 0) is 16.1 Å². The minimum atomic E-state index is -0.634. The van der Waals surface area contributed by atoms with Crippen LogP contribution in [0, 0.1) is 0 Å². The summed E-state index contributed by atoms with van der Waals surface area (Å²) in [5, 5.41) is 3.35. The Morgan fingerprint density at radius 2 is 2.11 bits per heavy atom. The van der Waals surface area contributed by atoms with Crippen molar-refractivity contribution in [1.29, 1.82) is 0 Å². The number of esters is 1. The zero-order valence-corrected chi connectivity index (χ0v) is 12.2. The molecule has 0 bridgehead atoms. The van der Waals surface area contributed by atoms with Gasteiger partial charge >= 0.3 is 5.97 Å². The molecule has 1 heterocycles. The minimum absolute atomic E-state index is 0.0518. The van der Waals surface area contributed by atoms with Crippen molar-refractivity contribution in [1.82, 2.24) is 10.3 Å². The number of nitrogens with one attached hydrogen (secondary N) is 1. The summed E-state index contributed by atoms with van der Waals surface area (Å²) in [6.45, 7) is 8.63. The normalized spacial score (nSPS) is 12.9. The minimum Gasteiger partial charge on any atom is -0.477 e. The number of aromatic nitrogens is 1. The molecule has 0 radical (unpaired) electrons. The SMILES string of the molecule is COC(=O)C(C)Oc1ccc(CNC(C)(C)C)nc1. The van der Waals surface area contributed by atoms with Gasteiger partial charge < -0.3 is 14.8 Å². The van der Waals surface area contributed by atoms with E-state index in [0.29, 0.717) is 12.3 Å². The van der Waals surface area contributed by atoms with Crippen LogP contribution in [0.4, 0.5) is 0 Å². The van der Waals surface area contributed by atoms with Gasteiger partial charge in [-0.2, -0.15) is 0 Å². The Morgan fingerprint density at radius 3 is 2.58 bits per heavy atom. The van der Waals surface area contributed by atoms with Crippen molar-refractivity contribution in [2.24, 2.45) is 0 Å². The van der Waals surface area contributed by atoms with E-state index in [9.17, 15) is 4.79 Å². The molecule has 1 unspecified atom stereocenters. The molecule has 0 aliphatic heterocycles. The Labute approximate surface area is 114 Å². The lowest BCUT2D eigenvalue weighted by Gasteiger charge is -2.20. The Kier molecular flexibility index (Phi) is 5.30. The molecule has 1 atom stereocenters. The molecule has 0 amide bonds. The Hall–Kier alpha value is -1.62. The van der Waals surface area contributed by atoms with Gasteiger partial charge in [0.05, 0.1) is 19.0 Å². The fourth-order valence-electron chi connectivity index (χ4n) is 1.36. The van der Waals surface area contributed by atoms with Crippen molar-refractivity contribution in [3.63, 3.8) is 0 Å². The molecule has 5 heteroatoms. The highest BCUT2D eigenvalue weighted by Gasteiger charge is 2.15. The van der Waals surface area contributed by atoms with Gasteiger partial charge in [0.15, 0.2) is 6.10 Å². The summed E-state index contributed by atoms with van der Waals surface area (Å²) in [6.07, 6.45) is 0.976. The van der Waals surface area contributed by atoms with Gasteiger partial charge in [-0.15, -0.1) is 0 Å². The van der Waals surface area contributed by atoms with Crippen LogP contribution in [-0.4, -0.2) is 29.7 Å². The zero-order chi connectivity index (χ0) is 14.5. The number of carbonyl (C=O) groups is 1. The summed E-state index contributed by atoms with van der Waals surface area (Å²) in [5.41, 5.74) is 0.976. The molecule has 106 valence electrons. The fourth-order valence-corrected chi connectivity index (χ4v) is 1.36. The Bertz CT molecular complexity index is 410. The van der Waals surface area contributed by atoms with Crippen molar-refractivity contribution in [3.05, 3.63) is 24.0 Å². The van der Waals surface area contributed by atoms with E-state index in [4.69, 9.17) is 4.74 Å². The van der Waals surface area contributed by atoms with Crippen molar-refractivity contribution in [3.8, 4) is 5.75 Å². The van der Waals surface area contributed by atoms with Gasteiger partial charge in [0.1, 0.15) is 5.75 Å². The molecule has 1 N–H and O–H groups in total. The first-order chi connectivity index (χ1) is 8.81. The highest BCUT2D eigenvalue weighted by molar-refractivity contribution is 5.74. The van der Waals surface area contributed by atoms with Crippen molar-refractivity contribution < 1.29 is 14.3 Å². The van der Waals surface area contributed by atoms with Crippen molar-refractivity contribution >= 4 is 5.97 Å². The second-order valence-corrected chi connectivity index (χ2v) is 5.37. The van der Waals surface area contributed by atoms with Gasteiger partial charge in [-0.3, -0.25) is 4.98 Å². The number of nitrogens with zero attached hydrogens (tertiary/aromatic N) is 1. The third-order valence-electron chi connectivity index (χ3n) is 2.44. The predicted octanol–water partition coefficient (Wildman–Crippen LogP) is 1.91. The predicted molar refractivity (Wildman–Crippen MR) is 72.9 cm³/mol. The molecule has 1 aromatic rings. The maximum atomic E-state index is 11.2. The van der Waals surface area contributed by atoms with E-state index in [1.165, 1.54) is 7.11 Å². The average Bonchev–Trinajstić information content (AvgIpc) is 2.36. The monoisotopic (exact) mass is 266 g/mol. The molecule has 0 aliphatic carbocycles. The van der Waals surface area contributed by atoms with Gasteiger partial charge in [0.25, 0.3) is 0 Å². The molecule has 0 saturated heterocycles. The fraction of sp³-hybridized carbons (Fsp3) is 0.571. The highest BCUT2D eigenvalue weighted by atomic mass is 16.6. The second-order valence-electron chi connectivity index (χ2n) is 5.37. The quantitative estimate of drug-likeness (QED) is 0.825. The lowest BCUT2D eigenvalue weighted by atomic mass is 10.1. The largest absolute Gasteiger partial charge is 0.477 e. The van der Waals surface area contributed by atoms with Crippen LogP contribution >= 0.6 is 0 Å². The molecule has 19 heavy (non-hydrogen) atoms. The van der Waals surface area contributed by atoms with Crippen molar-refractivity contribution in [2.75, 3.05) is 7.11 Å². The number of rotatable bonds is 5. The molecule has 0 aromatic carbocycles. The maximum absolute atomic E-state index is 11.2. The molecule has 1 aromatic heterocycles. The second kappa shape index (κ2) is 6.52. The number of ether oxygens (including phenoxy) is 2. The topological polar surface area (TPSA) is 60.5 Å². The standard InChI is InChI=1S/C14H22N2O3/c1-10(13(17)18-5)19-12-7-6-11(15-9-12)8-16-14(2,3)4/h6-7,9-10,16H,8H2,1-5H3. The van der Waals surface area contributed by atoms with Crippen LogP contribution in [0.5, 0.6) is 5.75 Å². The van der Waals surface area contributed by atoms with Gasteiger partial charge in [-0.25, -0.2) is 4.79 Å². The van der Waals surface area contributed by atoms with Gasteiger partial charge in [0.2, 0.25) is 0 Å². The summed E-state index contributed by atoms with van der Waals surface area (Å²) in [7, 11) is 1.34. The number of carbonyl (C=O) groups excluding carboxylic acids is 1. The van der Waals surface area contributed by atoms with E-state index in [2.05, 4.69) is 35.8 Å². The number of pyridine rings is 1. The molecule has 0 saturated carbocycles. The molecule has 0 spiro atoms. The first-order valence-corrected chi connectivity index (χ1v) is 6.26. The Morgan fingerprint density at radius 1 is 1.42 bits per heavy atom. The third-order valence-corrected chi connectivity index (χ3v) is 2.44. The van der Waals surface area contributed by atoms with Crippen molar-refractivity contribution in [2.45, 2.75) is 45.9 Å². The smallest absolute Gasteiger partial charge is 0.346 e. The third kappa shape index (κ3) is 5.70. The van der Waals surface area contributed by atoms with Gasteiger partial charge in [-0.05, 0) is 39.8 Å². The van der Waals surface area contributed by atoms with Crippen LogP contribution in [0.25, 0.3) is 0 Å². The lowest BCUT2D eigenvalue weighted by molar-refractivity contribution is -0.147. The molecule has 5 nitrogen and oxygen atoms in total. The molecular formula is C14H22N2O3. The van der Waals surface area contributed by atoms with E-state index in [1.807, 2.05) is 6.07 Å². The van der Waals surface area contributed by atoms with Crippen LogP contribution < -0.4 is 10.1 Å². The molecule has 0 fully saturated rings. The number of hydrogen-bond donors (Lipinski definition) is 1. The van der Waals surface area contributed by atoms with E-state index >= 15 is 0 Å². The average molecular weight is 266 g/mol. The van der Waals surface area contributed by atoms with Crippen LogP contribution in [0.2, 0.25) is 0 Å². The van der Waals surface area contributed by atoms with E-state index in [0.717, 1.165) is 5.69 Å². The summed E-state index contributed by atoms with van der Waals surface area (Å²) >= 11 is 0. The summed E-state index contributed by atoms with van der Waals surface area (Å²) in [4.78, 5) is 15.5. The number of methoxy groups -OCH3 is 1. The summed E-state index contributed by atoms with van der Waals surface area (Å²) in [6, 6.07) is 3.67. The molecule has 0 aliphatic rings.